The minimum Gasteiger partial charge on any atom is -0.450 e. The molecule has 1 amide bonds. The molecule has 2 aliphatic rings. The van der Waals surface area contributed by atoms with E-state index in [1.54, 1.807) is 6.20 Å². The third-order valence-electron chi connectivity index (χ3n) is 6.31. The molecule has 0 radical (unpaired) electrons. The van der Waals surface area contributed by atoms with Crippen LogP contribution in [-0.4, -0.2) is 59.7 Å². The SMILES string of the molecule is CCOC(=O)N1CCC(C)(CC(C)N2CCC(c3ccc[nH]c3=O)CC2)C1. The third kappa shape index (κ3) is 4.72. The van der Waals surface area contributed by atoms with Gasteiger partial charge in [-0.25, -0.2) is 4.79 Å². The summed E-state index contributed by atoms with van der Waals surface area (Å²) in [6.07, 6.45) is 5.70. The highest BCUT2D eigenvalue weighted by Crippen LogP contribution is 2.37. The second-order valence-corrected chi connectivity index (χ2v) is 8.50. The number of pyridine rings is 1. The topological polar surface area (TPSA) is 65.6 Å². The van der Waals surface area contributed by atoms with Crippen molar-refractivity contribution in [2.75, 3.05) is 32.8 Å². The second kappa shape index (κ2) is 8.46. The Morgan fingerprint density at radius 3 is 2.78 bits per heavy atom. The van der Waals surface area contributed by atoms with Crippen LogP contribution in [0.25, 0.3) is 0 Å². The first-order chi connectivity index (χ1) is 12.9. The van der Waals surface area contributed by atoms with Crippen molar-refractivity contribution in [2.24, 2.45) is 5.41 Å². The first-order valence-electron chi connectivity index (χ1n) is 10.3. The van der Waals surface area contributed by atoms with E-state index in [2.05, 4.69) is 23.7 Å². The van der Waals surface area contributed by atoms with Gasteiger partial charge in [0.05, 0.1) is 6.61 Å². The number of piperidine rings is 1. The van der Waals surface area contributed by atoms with Gasteiger partial charge >= 0.3 is 6.09 Å². The number of nitrogens with zero attached hydrogens (tertiary/aromatic N) is 2. The summed E-state index contributed by atoms with van der Waals surface area (Å²) in [4.78, 5) is 31.2. The molecular weight excluding hydrogens is 342 g/mol. The number of amides is 1. The zero-order valence-electron chi connectivity index (χ0n) is 16.9. The molecule has 1 N–H and O–H groups in total. The lowest BCUT2D eigenvalue weighted by Gasteiger charge is -2.39. The van der Waals surface area contributed by atoms with Gasteiger partial charge in [-0.2, -0.15) is 0 Å². The van der Waals surface area contributed by atoms with Crippen LogP contribution in [0.1, 0.15) is 57.9 Å². The predicted molar refractivity (Wildman–Crippen MR) is 106 cm³/mol. The number of carbonyl (C=O) groups excluding carboxylic acids is 1. The summed E-state index contributed by atoms with van der Waals surface area (Å²) in [5.41, 5.74) is 1.14. The fourth-order valence-corrected chi connectivity index (χ4v) is 4.81. The van der Waals surface area contributed by atoms with Crippen molar-refractivity contribution in [3.05, 3.63) is 34.2 Å². The number of rotatable bonds is 5. The molecule has 2 aliphatic heterocycles. The minimum absolute atomic E-state index is 0.0570. The van der Waals surface area contributed by atoms with Gasteiger partial charge in [0.25, 0.3) is 5.56 Å². The van der Waals surface area contributed by atoms with Crippen molar-refractivity contribution in [2.45, 2.75) is 58.4 Å². The fourth-order valence-electron chi connectivity index (χ4n) is 4.81. The Balaban J connectivity index is 1.51. The van der Waals surface area contributed by atoms with Gasteiger partial charge in [0.15, 0.2) is 0 Å². The predicted octanol–water partition coefficient (Wildman–Crippen LogP) is 3.20. The molecule has 27 heavy (non-hydrogen) atoms. The van der Waals surface area contributed by atoms with Crippen LogP contribution in [0.4, 0.5) is 4.79 Å². The highest BCUT2D eigenvalue weighted by molar-refractivity contribution is 5.68. The Labute approximate surface area is 161 Å². The van der Waals surface area contributed by atoms with Crippen molar-refractivity contribution in [1.29, 1.82) is 0 Å². The third-order valence-corrected chi connectivity index (χ3v) is 6.31. The zero-order chi connectivity index (χ0) is 19.4. The van der Waals surface area contributed by atoms with Crippen LogP contribution in [-0.2, 0) is 4.74 Å². The molecule has 2 saturated heterocycles. The number of hydrogen-bond acceptors (Lipinski definition) is 4. The Hall–Kier alpha value is -1.82. The van der Waals surface area contributed by atoms with Gasteiger partial charge in [-0.05, 0) is 70.0 Å². The summed E-state index contributed by atoms with van der Waals surface area (Å²) in [5, 5.41) is 0. The van der Waals surface area contributed by atoms with Gasteiger partial charge in [-0.15, -0.1) is 0 Å². The molecule has 0 spiro atoms. The number of likely N-dealkylation sites (tertiary alicyclic amines) is 2. The van der Waals surface area contributed by atoms with E-state index in [1.165, 1.54) is 0 Å². The zero-order valence-corrected chi connectivity index (χ0v) is 16.9. The second-order valence-electron chi connectivity index (χ2n) is 8.50. The Kier molecular flexibility index (Phi) is 6.25. The van der Waals surface area contributed by atoms with E-state index >= 15 is 0 Å². The van der Waals surface area contributed by atoms with Gasteiger partial charge in [-0.1, -0.05) is 13.0 Å². The molecule has 0 saturated carbocycles. The monoisotopic (exact) mass is 375 g/mol. The maximum absolute atomic E-state index is 12.0. The van der Waals surface area contributed by atoms with E-state index in [9.17, 15) is 9.59 Å². The largest absolute Gasteiger partial charge is 0.450 e. The van der Waals surface area contributed by atoms with E-state index in [0.717, 1.165) is 57.4 Å². The number of nitrogens with one attached hydrogen (secondary N) is 1. The van der Waals surface area contributed by atoms with Crippen LogP contribution < -0.4 is 5.56 Å². The quantitative estimate of drug-likeness (QED) is 0.858. The molecular formula is C21H33N3O3. The molecule has 6 heteroatoms. The number of ether oxygens (including phenoxy) is 1. The van der Waals surface area contributed by atoms with Crippen LogP contribution in [0.3, 0.4) is 0 Å². The molecule has 6 nitrogen and oxygen atoms in total. The Morgan fingerprint density at radius 1 is 1.37 bits per heavy atom. The number of aromatic amines is 1. The van der Waals surface area contributed by atoms with Crippen molar-refractivity contribution >= 4 is 6.09 Å². The van der Waals surface area contributed by atoms with Gasteiger partial charge in [0.1, 0.15) is 0 Å². The lowest BCUT2D eigenvalue weighted by atomic mass is 9.82. The van der Waals surface area contributed by atoms with Crippen LogP contribution in [0.15, 0.2) is 23.1 Å². The van der Waals surface area contributed by atoms with Crippen LogP contribution >= 0.6 is 0 Å². The molecule has 0 aliphatic carbocycles. The van der Waals surface area contributed by atoms with Crippen molar-refractivity contribution < 1.29 is 9.53 Å². The number of hydrogen-bond donors (Lipinski definition) is 1. The maximum Gasteiger partial charge on any atom is 0.409 e. The summed E-state index contributed by atoms with van der Waals surface area (Å²) in [6, 6.07) is 4.36. The number of aromatic nitrogens is 1. The molecule has 2 unspecified atom stereocenters. The number of carbonyl (C=O) groups is 1. The lowest BCUT2D eigenvalue weighted by molar-refractivity contribution is 0.100. The summed E-state index contributed by atoms with van der Waals surface area (Å²) in [6.45, 7) is 10.5. The van der Waals surface area contributed by atoms with E-state index in [4.69, 9.17) is 4.74 Å². The standard InChI is InChI=1S/C21H33N3O3/c1-4-27-20(26)24-13-9-21(3,15-24)14-16(2)23-11-7-17(8-12-23)18-6-5-10-22-19(18)25/h5-6,10,16-17H,4,7-9,11-15H2,1-3H3,(H,22,25). The molecule has 1 aromatic heterocycles. The Bertz CT molecular complexity index is 696. The smallest absolute Gasteiger partial charge is 0.409 e. The average Bonchev–Trinajstić information content (AvgIpc) is 3.04. The average molecular weight is 376 g/mol. The molecule has 1 aromatic rings. The summed E-state index contributed by atoms with van der Waals surface area (Å²) < 4.78 is 5.15. The molecule has 0 aromatic carbocycles. The van der Waals surface area contributed by atoms with E-state index < -0.39 is 0 Å². The Morgan fingerprint density at radius 2 is 2.11 bits per heavy atom. The molecule has 2 atom stereocenters. The van der Waals surface area contributed by atoms with E-state index in [-0.39, 0.29) is 17.1 Å². The minimum atomic E-state index is -0.178. The van der Waals surface area contributed by atoms with Crippen molar-refractivity contribution in [3.8, 4) is 0 Å². The highest BCUT2D eigenvalue weighted by Gasteiger charge is 2.39. The summed E-state index contributed by atoms with van der Waals surface area (Å²) >= 11 is 0. The maximum atomic E-state index is 12.0. The fraction of sp³-hybridized carbons (Fsp3) is 0.714. The molecule has 0 bridgehead atoms. The molecule has 150 valence electrons. The van der Waals surface area contributed by atoms with Crippen molar-refractivity contribution in [3.63, 3.8) is 0 Å². The normalized spacial score (nSPS) is 25.5. The van der Waals surface area contributed by atoms with Gasteiger partial charge in [0, 0.05) is 30.9 Å². The van der Waals surface area contributed by atoms with Crippen LogP contribution in [0.5, 0.6) is 0 Å². The van der Waals surface area contributed by atoms with Gasteiger partial charge in [0.2, 0.25) is 0 Å². The first-order valence-corrected chi connectivity index (χ1v) is 10.3. The number of H-pyrrole nitrogens is 1. The highest BCUT2D eigenvalue weighted by atomic mass is 16.6. The molecule has 3 rings (SSSR count). The molecule has 3 heterocycles. The van der Waals surface area contributed by atoms with Crippen molar-refractivity contribution in [1.82, 2.24) is 14.8 Å². The van der Waals surface area contributed by atoms with Crippen LogP contribution in [0, 0.1) is 5.41 Å². The van der Waals surface area contributed by atoms with Gasteiger partial charge in [-0.3, -0.25) is 4.79 Å². The first kappa shape index (κ1) is 19.9. The van der Waals surface area contributed by atoms with Gasteiger partial charge < -0.3 is 19.5 Å². The summed E-state index contributed by atoms with van der Waals surface area (Å²) in [5.74, 6) is 0.361. The van der Waals surface area contributed by atoms with E-state index in [1.807, 2.05) is 24.0 Å². The summed E-state index contributed by atoms with van der Waals surface area (Å²) in [7, 11) is 0. The van der Waals surface area contributed by atoms with E-state index in [0.29, 0.717) is 18.6 Å². The van der Waals surface area contributed by atoms with Crippen LogP contribution in [0.2, 0.25) is 0 Å². The lowest BCUT2D eigenvalue weighted by Crippen LogP contribution is -2.43. The molecule has 2 fully saturated rings.